The van der Waals surface area contributed by atoms with Gasteiger partial charge in [0.15, 0.2) is 23.9 Å². The number of nitrogens with one attached hydrogen (secondary N) is 1. The van der Waals surface area contributed by atoms with Gasteiger partial charge in [-0.05, 0) is 92.2 Å². The Balaban J connectivity index is 1.21. The van der Waals surface area contributed by atoms with E-state index in [0.29, 0.717) is 17.3 Å². The van der Waals surface area contributed by atoms with Gasteiger partial charge in [0.1, 0.15) is 0 Å². The van der Waals surface area contributed by atoms with Crippen molar-refractivity contribution in [2.24, 2.45) is 23.2 Å². The smallest absolute Gasteiger partial charge is 0.262 e. The van der Waals surface area contributed by atoms with E-state index in [9.17, 15) is 9.59 Å². The van der Waals surface area contributed by atoms with E-state index in [-0.39, 0.29) is 17.9 Å². The Labute approximate surface area is 195 Å². The van der Waals surface area contributed by atoms with Crippen molar-refractivity contribution in [2.75, 3.05) is 19.0 Å². The number of ketones is 1. The number of hydrogen-bond donors (Lipinski definition) is 1. The molecule has 0 saturated heterocycles. The first-order valence-electron chi connectivity index (χ1n) is 11.9. The molecule has 4 aliphatic carbocycles. The van der Waals surface area contributed by atoms with Gasteiger partial charge >= 0.3 is 0 Å². The zero-order valence-electron chi connectivity index (χ0n) is 19.1. The maximum absolute atomic E-state index is 13.2. The molecule has 2 aromatic carbocycles. The molecule has 6 rings (SSSR count). The second-order valence-electron chi connectivity index (χ2n) is 10.0. The Morgan fingerprint density at radius 1 is 0.970 bits per heavy atom. The number of para-hydroxylation sites is 1. The molecule has 172 valence electrons. The Morgan fingerprint density at radius 2 is 1.64 bits per heavy atom. The first-order valence-corrected chi connectivity index (χ1v) is 11.9. The van der Waals surface area contributed by atoms with Crippen LogP contribution >= 0.6 is 0 Å². The number of allylic oxidation sites excluding steroid dienone is 1. The van der Waals surface area contributed by atoms with E-state index in [2.05, 4.69) is 5.32 Å². The van der Waals surface area contributed by atoms with E-state index in [1.807, 2.05) is 48.5 Å². The lowest BCUT2D eigenvalue weighted by Crippen LogP contribution is -2.49. The molecule has 4 fully saturated rings. The Kier molecular flexibility index (Phi) is 5.96. The highest BCUT2D eigenvalue weighted by molar-refractivity contribution is 5.98. The predicted molar refractivity (Wildman–Crippen MR) is 128 cm³/mol. The average Bonchev–Trinajstić information content (AvgIpc) is 2.81. The third-order valence-corrected chi connectivity index (χ3v) is 7.59. The van der Waals surface area contributed by atoms with Crippen LogP contribution in [0, 0.1) is 23.2 Å². The summed E-state index contributed by atoms with van der Waals surface area (Å²) in [6.45, 7) is -0.120. The lowest BCUT2D eigenvalue weighted by Gasteiger charge is -2.55. The van der Waals surface area contributed by atoms with Crippen LogP contribution in [0.4, 0.5) is 5.69 Å². The van der Waals surface area contributed by atoms with E-state index in [1.54, 1.807) is 19.3 Å². The van der Waals surface area contributed by atoms with Crippen molar-refractivity contribution in [1.29, 1.82) is 0 Å². The number of rotatable bonds is 8. The van der Waals surface area contributed by atoms with Gasteiger partial charge in [-0.15, -0.1) is 0 Å². The van der Waals surface area contributed by atoms with Crippen LogP contribution in [0.1, 0.15) is 44.1 Å². The fourth-order valence-electron chi connectivity index (χ4n) is 6.53. The molecule has 5 heteroatoms. The standard InChI is InChI=1S/C28H31NO4/c1-32-25-14-19(7-9-24(25)33-18-27(31)29-23-5-3-2-4-6-23)8-10-26(30)28-15-20-11-21(16-28)13-22(12-20)17-28/h2-10,14,20-22H,11-13,15-18H2,1H3,(H,29,31)/b10-8+. The molecular formula is C28H31NO4. The minimum absolute atomic E-state index is 0.120. The second-order valence-corrected chi connectivity index (χ2v) is 10.0. The van der Waals surface area contributed by atoms with E-state index >= 15 is 0 Å². The molecule has 4 aliphatic rings. The van der Waals surface area contributed by atoms with Crippen molar-refractivity contribution in [3.05, 3.63) is 60.2 Å². The molecular weight excluding hydrogens is 414 g/mol. The van der Waals surface area contributed by atoms with E-state index in [0.717, 1.165) is 48.3 Å². The van der Waals surface area contributed by atoms with Crippen molar-refractivity contribution in [3.8, 4) is 11.5 Å². The van der Waals surface area contributed by atoms with Gasteiger partial charge in [-0.3, -0.25) is 9.59 Å². The molecule has 1 N–H and O–H groups in total. The van der Waals surface area contributed by atoms with Crippen molar-refractivity contribution in [3.63, 3.8) is 0 Å². The molecule has 0 unspecified atom stereocenters. The maximum Gasteiger partial charge on any atom is 0.262 e. The highest BCUT2D eigenvalue weighted by atomic mass is 16.5. The fourth-order valence-corrected chi connectivity index (χ4v) is 6.53. The third kappa shape index (κ3) is 4.68. The zero-order valence-corrected chi connectivity index (χ0v) is 19.1. The lowest BCUT2D eigenvalue weighted by molar-refractivity contribution is -0.138. The summed E-state index contributed by atoms with van der Waals surface area (Å²) >= 11 is 0. The topological polar surface area (TPSA) is 64.6 Å². The first kappa shape index (κ1) is 21.7. The molecule has 0 radical (unpaired) electrons. The Bertz CT molecular complexity index is 1020. The molecule has 4 saturated carbocycles. The van der Waals surface area contributed by atoms with Crippen molar-refractivity contribution < 1.29 is 19.1 Å². The number of benzene rings is 2. The van der Waals surface area contributed by atoms with Crippen LogP contribution in [0.15, 0.2) is 54.6 Å². The average molecular weight is 446 g/mol. The molecule has 1 amide bonds. The van der Waals surface area contributed by atoms with Gasteiger partial charge in [-0.1, -0.05) is 30.3 Å². The highest BCUT2D eigenvalue weighted by Crippen LogP contribution is 2.60. The van der Waals surface area contributed by atoms with Gasteiger partial charge < -0.3 is 14.8 Å². The van der Waals surface area contributed by atoms with E-state index in [1.165, 1.54) is 19.3 Å². The molecule has 33 heavy (non-hydrogen) atoms. The summed E-state index contributed by atoms with van der Waals surface area (Å²) in [5.74, 6) is 3.33. The number of ether oxygens (including phenoxy) is 2. The van der Waals surface area contributed by atoms with E-state index in [4.69, 9.17) is 9.47 Å². The summed E-state index contributed by atoms with van der Waals surface area (Å²) in [7, 11) is 1.57. The zero-order chi connectivity index (χ0) is 22.8. The number of carbonyl (C=O) groups excluding carboxylic acids is 2. The molecule has 0 aliphatic heterocycles. The minimum Gasteiger partial charge on any atom is -0.493 e. The number of anilines is 1. The second kappa shape index (κ2) is 9.05. The van der Waals surface area contributed by atoms with Crippen LogP contribution in [0.25, 0.3) is 6.08 Å². The third-order valence-electron chi connectivity index (χ3n) is 7.59. The minimum atomic E-state index is -0.242. The van der Waals surface area contributed by atoms with Crippen LogP contribution in [-0.4, -0.2) is 25.4 Å². The van der Waals surface area contributed by atoms with Gasteiger partial charge in [0.2, 0.25) is 0 Å². The van der Waals surface area contributed by atoms with Crippen LogP contribution in [0.2, 0.25) is 0 Å². The first-order chi connectivity index (χ1) is 16.0. The van der Waals surface area contributed by atoms with Crippen molar-refractivity contribution in [2.45, 2.75) is 38.5 Å². The molecule has 4 bridgehead atoms. The molecule has 5 nitrogen and oxygen atoms in total. The quantitative estimate of drug-likeness (QED) is 0.544. The summed E-state index contributed by atoms with van der Waals surface area (Å²) in [6.07, 6.45) is 10.9. The number of methoxy groups -OCH3 is 1. The predicted octanol–water partition coefficient (Wildman–Crippen LogP) is 5.51. The van der Waals surface area contributed by atoms with Gasteiger partial charge in [0.05, 0.1) is 7.11 Å². The Hall–Kier alpha value is -3.08. The van der Waals surface area contributed by atoms with Crippen LogP contribution in [0.5, 0.6) is 11.5 Å². The number of amides is 1. The monoisotopic (exact) mass is 445 g/mol. The summed E-state index contributed by atoms with van der Waals surface area (Å²) in [6, 6.07) is 14.8. The maximum atomic E-state index is 13.2. The van der Waals surface area contributed by atoms with Crippen LogP contribution in [-0.2, 0) is 9.59 Å². The largest absolute Gasteiger partial charge is 0.493 e. The normalized spacial score (nSPS) is 27.5. The SMILES string of the molecule is COc1cc(/C=C/C(=O)C23CC4CC(CC(C4)C2)C3)ccc1OCC(=O)Nc1ccccc1. The summed E-state index contributed by atoms with van der Waals surface area (Å²) in [5, 5.41) is 2.79. The van der Waals surface area contributed by atoms with Crippen LogP contribution in [0.3, 0.4) is 0 Å². The fraction of sp³-hybridized carbons (Fsp3) is 0.429. The number of carbonyl (C=O) groups is 2. The molecule has 2 aromatic rings. The lowest BCUT2D eigenvalue weighted by atomic mass is 9.48. The Morgan fingerprint density at radius 3 is 2.27 bits per heavy atom. The summed E-state index contributed by atoms with van der Waals surface area (Å²) in [4.78, 5) is 25.4. The molecule has 0 atom stereocenters. The number of hydrogen-bond acceptors (Lipinski definition) is 4. The van der Waals surface area contributed by atoms with Crippen molar-refractivity contribution >= 4 is 23.5 Å². The van der Waals surface area contributed by atoms with Gasteiger partial charge in [0.25, 0.3) is 5.91 Å². The van der Waals surface area contributed by atoms with Gasteiger partial charge in [-0.25, -0.2) is 0 Å². The summed E-state index contributed by atoms with van der Waals surface area (Å²) in [5.41, 5.74) is 1.48. The van der Waals surface area contributed by atoms with Gasteiger partial charge in [0, 0.05) is 11.1 Å². The summed E-state index contributed by atoms with van der Waals surface area (Å²) < 4.78 is 11.1. The van der Waals surface area contributed by atoms with Gasteiger partial charge in [-0.2, -0.15) is 0 Å². The van der Waals surface area contributed by atoms with Crippen molar-refractivity contribution in [1.82, 2.24) is 0 Å². The van der Waals surface area contributed by atoms with Crippen LogP contribution < -0.4 is 14.8 Å². The van der Waals surface area contributed by atoms with E-state index < -0.39 is 0 Å². The molecule has 0 spiro atoms. The molecule has 0 aromatic heterocycles. The highest BCUT2D eigenvalue weighted by Gasteiger charge is 2.53. The molecule has 0 heterocycles.